The Morgan fingerprint density at radius 1 is 1.11 bits per heavy atom. The van der Waals surface area contributed by atoms with Crippen LogP contribution in [0.2, 0.25) is 0 Å². The number of thiophene rings is 1. The Bertz CT molecular complexity index is 1380. The molecule has 6 heteroatoms. The summed E-state index contributed by atoms with van der Waals surface area (Å²) in [7, 11) is 0. The van der Waals surface area contributed by atoms with Crippen molar-refractivity contribution in [1.82, 2.24) is 4.90 Å². The summed E-state index contributed by atoms with van der Waals surface area (Å²) in [6.07, 6.45) is 6.13. The molecule has 3 aromatic rings. The SMILES string of the molecule is Cc1ccc(C)c(C2OC2c2sc3c(c2Oc2ccc(CCN4C=C(CF)C4)cc2)C=CC(O)C3C)c1. The van der Waals surface area contributed by atoms with E-state index >= 15 is 0 Å². The lowest BCUT2D eigenvalue weighted by molar-refractivity contribution is 0.197. The number of ether oxygens (including phenoxy) is 2. The zero-order valence-electron chi connectivity index (χ0n) is 21.4. The van der Waals surface area contributed by atoms with E-state index in [1.54, 1.807) is 11.3 Å². The maximum Gasteiger partial charge on any atom is 0.151 e. The molecule has 0 amide bonds. The smallest absolute Gasteiger partial charge is 0.151 e. The van der Waals surface area contributed by atoms with E-state index in [-0.39, 0.29) is 24.8 Å². The fourth-order valence-electron chi connectivity index (χ4n) is 5.21. The van der Waals surface area contributed by atoms with Crippen LogP contribution in [0, 0.1) is 13.8 Å². The molecule has 0 radical (unpaired) electrons. The average molecular weight is 518 g/mol. The average Bonchev–Trinajstić information content (AvgIpc) is 3.58. The minimum Gasteiger partial charge on any atom is -0.455 e. The van der Waals surface area contributed by atoms with E-state index in [2.05, 4.69) is 56.0 Å². The molecule has 6 rings (SSSR count). The van der Waals surface area contributed by atoms with Crippen LogP contribution in [0.1, 0.15) is 62.6 Å². The Hall–Kier alpha value is -2.93. The Morgan fingerprint density at radius 3 is 2.65 bits per heavy atom. The van der Waals surface area contributed by atoms with E-state index in [1.165, 1.54) is 22.3 Å². The first kappa shape index (κ1) is 24.4. The monoisotopic (exact) mass is 517 g/mol. The third-order valence-corrected chi connectivity index (χ3v) is 9.05. The predicted octanol–water partition coefficient (Wildman–Crippen LogP) is 7.17. The lowest BCUT2D eigenvalue weighted by Gasteiger charge is -2.30. The number of rotatable bonds is 8. The zero-order valence-corrected chi connectivity index (χ0v) is 22.2. The molecular formula is C31H32FNO3S. The fraction of sp³-hybridized carbons (Fsp3) is 0.355. The molecule has 1 N–H and O–H groups in total. The second kappa shape index (κ2) is 9.75. The molecule has 3 aliphatic rings. The van der Waals surface area contributed by atoms with Gasteiger partial charge in [-0.25, -0.2) is 4.39 Å². The molecule has 1 saturated heterocycles. The quantitative estimate of drug-likeness (QED) is 0.322. The summed E-state index contributed by atoms with van der Waals surface area (Å²) in [6.45, 7) is 7.57. The molecule has 0 bridgehead atoms. The number of benzene rings is 2. The van der Waals surface area contributed by atoms with Crippen molar-refractivity contribution in [3.05, 3.63) is 97.9 Å². The largest absolute Gasteiger partial charge is 0.455 e. The van der Waals surface area contributed by atoms with Gasteiger partial charge in [0, 0.05) is 35.6 Å². The van der Waals surface area contributed by atoms with Crippen molar-refractivity contribution in [1.29, 1.82) is 0 Å². The standard InChI is InChI=1S/C31H32FNO3S/c1-18-4-5-19(2)25(14-18)27-29(36-27)31-28(24-10-11-26(34)20(3)30(24)37-31)35-23-8-6-21(7-9-23)12-13-33-16-22(15-32)17-33/h4-11,14,16,20,26-27,29,34H,12-13,15,17H2,1-3H3. The van der Waals surface area contributed by atoms with Crippen LogP contribution in [-0.2, 0) is 11.2 Å². The summed E-state index contributed by atoms with van der Waals surface area (Å²) in [5.74, 6) is 1.63. The third kappa shape index (κ3) is 4.74. The first-order valence-corrected chi connectivity index (χ1v) is 13.7. The minimum atomic E-state index is -0.497. The number of aliphatic hydroxyl groups excluding tert-OH is 1. The summed E-state index contributed by atoms with van der Waals surface area (Å²) in [5.41, 5.74) is 6.82. The van der Waals surface area contributed by atoms with Crippen molar-refractivity contribution < 1.29 is 19.0 Å². The van der Waals surface area contributed by atoms with E-state index in [0.29, 0.717) is 0 Å². The molecule has 4 atom stereocenters. The van der Waals surface area contributed by atoms with Gasteiger partial charge >= 0.3 is 0 Å². The molecule has 0 spiro atoms. The van der Waals surface area contributed by atoms with Crippen LogP contribution in [0.15, 0.2) is 60.3 Å². The number of nitrogens with zero attached hydrogens (tertiary/aromatic N) is 1. The molecule has 4 unspecified atom stereocenters. The van der Waals surface area contributed by atoms with E-state index < -0.39 is 6.10 Å². The molecule has 0 saturated carbocycles. The number of hydrogen-bond donors (Lipinski definition) is 1. The lowest BCUT2D eigenvalue weighted by Crippen LogP contribution is -2.32. The molecule has 1 aromatic heterocycles. The summed E-state index contributed by atoms with van der Waals surface area (Å²) in [4.78, 5) is 4.37. The summed E-state index contributed by atoms with van der Waals surface area (Å²) in [6, 6.07) is 14.7. The molecule has 3 heterocycles. The van der Waals surface area contributed by atoms with Crippen LogP contribution in [0.4, 0.5) is 4.39 Å². The van der Waals surface area contributed by atoms with Gasteiger partial charge in [0.05, 0.1) is 11.0 Å². The number of alkyl halides is 1. The summed E-state index contributed by atoms with van der Waals surface area (Å²) < 4.78 is 25.4. The van der Waals surface area contributed by atoms with Crippen LogP contribution >= 0.6 is 11.3 Å². The van der Waals surface area contributed by atoms with Gasteiger partial charge in [0.1, 0.15) is 24.6 Å². The van der Waals surface area contributed by atoms with Crippen molar-refractivity contribution in [3.8, 4) is 11.5 Å². The molecule has 192 valence electrons. The van der Waals surface area contributed by atoms with E-state index in [9.17, 15) is 9.50 Å². The van der Waals surface area contributed by atoms with Gasteiger partial charge in [-0.1, -0.05) is 55.0 Å². The Balaban J connectivity index is 1.24. The second-order valence-corrected chi connectivity index (χ2v) is 11.5. The number of fused-ring (bicyclic) bond motifs is 1. The highest BCUT2D eigenvalue weighted by Crippen LogP contribution is 2.59. The first-order valence-electron chi connectivity index (χ1n) is 12.9. The molecule has 1 aliphatic carbocycles. The normalized spacial score (nSPS) is 23.9. The highest BCUT2D eigenvalue weighted by atomic mass is 32.1. The maximum atomic E-state index is 12.6. The first-order chi connectivity index (χ1) is 17.9. The van der Waals surface area contributed by atoms with Crippen molar-refractivity contribution in [2.24, 2.45) is 0 Å². The lowest BCUT2D eigenvalue weighted by atomic mass is 9.93. The minimum absolute atomic E-state index is 0.00912. The zero-order chi connectivity index (χ0) is 25.7. The van der Waals surface area contributed by atoms with Gasteiger partial charge in [0.2, 0.25) is 0 Å². The molecule has 2 aliphatic heterocycles. The van der Waals surface area contributed by atoms with Crippen molar-refractivity contribution in [2.45, 2.75) is 51.4 Å². The van der Waals surface area contributed by atoms with Crippen LogP contribution in [0.5, 0.6) is 11.5 Å². The van der Waals surface area contributed by atoms with Gasteiger partial charge in [0.15, 0.2) is 5.75 Å². The van der Waals surface area contributed by atoms with E-state index in [0.717, 1.165) is 51.9 Å². The molecule has 1 fully saturated rings. The number of epoxide rings is 1. The Morgan fingerprint density at radius 2 is 1.89 bits per heavy atom. The van der Waals surface area contributed by atoms with Gasteiger partial charge in [-0.3, -0.25) is 0 Å². The fourth-order valence-corrected chi connectivity index (χ4v) is 6.59. The number of halogens is 1. The predicted molar refractivity (Wildman–Crippen MR) is 146 cm³/mol. The van der Waals surface area contributed by atoms with Gasteiger partial charge in [-0.05, 0) is 54.7 Å². The summed E-state index contributed by atoms with van der Waals surface area (Å²) >= 11 is 1.70. The van der Waals surface area contributed by atoms with Crippen molar-refractivity contribution >= 4 is 17.4 Å². The van der Waals surface area contributed by atoms with Crippen molar-refractivity contribution in [2.75, 3.05) is 19.8 Å². The van der Waals surface area contributed by atoms with Gasteiger partial charge in [0.25, 0.3) is 0 Å². The van der Waals surface area contributed by atoms with Gasteiger partial charge < -0.3 is 19.5 Å². The van der Waals surface area contributed by atoms with Crippen LogP contribution in [-0.4, -0.2) is 35.9 Å². The van der Waals surface area contributed by atoms with E-state index in [4.69, 9.17) is 9.47 Å². The van der Waals surface area contributed by atoms with Crippen LogP contribution < -0.4 is 4.74 Å². The maximum absolute atomic E-state index is 12.6. The molecular weight excluding hydrogens is 485 g/mol. The number of aliphatic hydroxyl groups is 1. The second-order valence-electron chi connectivity index (χ2n) is 10.4. The third-order valence-electron chi connectivity index (χ3n) is 7.60. The Kier molecular flexibility index (Phi) is 6.43. The number of hydrogen-bond acceptors (Lipinski definition) is 5. The topological polar surface area (TPSA) is 45.2 Å². The molecule has 2 aromatic carbocycles. The van der Waals surface area contributed by atoms with Crippen LogP contribution in [0.3, 0.4) is 0 Å². The highest BCUT2D eigenvalue weighted by molar-refractivity contribution is 7.12. The van der Waals surface area contributed by atoms with Gasteiger partial charge in [-0.15, -0.1) is 11.3 Å². The summed E-state index contributed by atoms with van der Waals surface area (Å²) in [5, 5.41) is 10.5. The number of aryl methyl sites for hydroxylation is 2. The van der Waals surface area contributed by atoms with E-state index in [1.807, 2.05) is 30.5 Å². The van der Waals surface area contributed by atoms with Gasteiger partial charge in [-0.2, -0.15) is 0 Å². The molecule has 37 heavy (non-hydrogen) atoms. The van der Waals surface area contributed by atoms with Crippen LogP contribution in [0.25, 0.3) is 6.08 Å². The Labute approximate surface area is 221 Å². The molecule has 4 nitrogen and oxygen atoms in total. The van der Waals surface area contributed by atoms with Crippen molar-refractivity contribution in [3.63, 3.8) is 0 Å². The highest BCUT2D eigenvalue weighted by Gasteiger charge is 2.47.